The van der Waals surface area contributed by atoms with Gasteiger partial charge in [0.15, 0.2) is 16.6 Å². The first-order valence-corrected chi connectivity index (χ1v) is 15.0. The molecule has 0 aliphatic rings. The van der Waals surface area contributed by atoms with Gasteiger partial charge in [-0.2, -0.15) is 5.26 Å². The Bertz CT molecular complexity index is 1890. The third-order valence-corrected chi connectivity index (χ3v) is 9.14. The lowest BCUT2D eigenvalue weighted by Crippen LogP contribution is -2.26. The van der Waals surface area contributed by atoms with Crippen molar-refractivity contribution in [1.82, 2.24) is 4.98 Å². The van der Waals surface area contributed by atoms with Crippen LogP contribution < -0.4 is 24.3 Å². The van der Waals surface area contributed by atoms with E-state index in [0.29, 0.717) is 44.8 Å². The molecule has 0 fully saturated rings. The van der Waals surface area contributed by atoms with Gasteiger partial charge in [0.2, 0.25) is 15.9 Å². The molecule has 0 saturated heterocycles. The van der Waals surface area contributed by atoms with E-state index < -0.39 is 21.8 Å². The fraction of sp³-hybridized carbons (Fsp3) is 0.129. The quantitative estimate of drug-likeness (QED) is 0.207. The summed E-state index contributed by atoms with van der Waals surface area (Å²) in [6.07, 6.45) is -1.27. The number of hydrogen-bond donors (Lipinski definition) is 1. The number of aromatic nitrogens is 1. The van der Waals surface area contributed by atoms with Crippen molar-refractivity contribution >= 4 is 42.4 Å². The summed E-state index contributed by atoms with van der Waals surface area (Å²) < 4.78 is 49.6. The summed E-state index contributed by atoms with van der Waals surface area (Å²) in [4.78, 5) is 18.3. The summed E-state index contributed by atoms with van der Waals surface area (Å²) in [7, 11) is 0.614. The minimum absolute atomic E-state index is 0.0180. The highest BCUT2D eigenvalue weighted by Gasteiger charge is 2.27. The number of nitrogens with zero attached hydrogens (tertiary/aromatic N) is 2. The van der Waals surface area contributed by atoms with Gasteiger partial charge >= 0.3 is 0 Å². The van der Waals surface area contributed by atoms with Crippen molar-refractivity contribution in [3.8, 4) is 29.1 Å². The molecule has 0 aliphatic heterocycles. The van der Waals surface area contributed by atoms with E-state index in [-0.39, 0.29) is 9.79 Å². The molecule has 12 heteroatoms. The van der Waals surface area contributed by atoms with Gasteiger partial charge in [0.25, 0.3) is 5.91 Å². The number of thiazole rings is 1. The molecule has 5 rings (SSSR count). The van der Waals surface area contributed by atoms with Gasteiger partial charge in [-0.3, -0.25) is 10.1 Å². The summed E-state index contributed by atoms with van der Waals surface area (Å²) in [5, 5.41) is 12.2. The smallest absolute Gasteiger partial charge is 0.271 e. The normalized spacial score (nSPS) is 11.8. The Morgan fingerprint density at radius 3 is 2.19 bits per heavy atom. The Labute approximate surface area is 252 Å². The molecule has 4 aromatic carbocycles. The number of hydrogen-bond acceptors (Lipinski definition) is 10. The van der Waals surface area contributed by atoms with Crippen LogP contribution >= 0.6 is 11.3 Å². The lowest BCUT2D eigenvalue weighted by Gasteiger charge is -2.19. The Morgan fingerprint density at radius 1 is 0.860 bits per heavy atom. The van der Waals surface area contributed by atoms with Crippen molar-refractivity contribution in [3.63, 3.8) is 0 Å². The standard InChI is InChI=1S/C31H25N3O7S2/c1-38-21-11-13-23(14-12-21)43(36,37)24-6-4-5-20(15-24)29(41-22-9-7-19(18-32)8-10-22)30(35)34-31-33-25-16-26(39-2)27(40-3)17-28(25)42-31/h4-17,29H,1-3H3,(H,33,34,35). The van der Waals surface area contributed by atoms with Crippen molar-refractivity contribution in [2.45, 2.75) is 15.9 Å². The fourth-order valence-corrected chi connectivity index (χ4v) is 6.43. The zero-order chi connectivity index (χ0) is 30.6. The van der Waals surface area contributed by atoms with Crippen LogP contribution in [0.3, 0.4) is 0 Å². The number of rotatable bonds is 10. The van der Waals surface area contributed by atoms with Gasteiger partial charge in [-0.25, -0.2) is 13.4 Å². The molecule has 1 atom stereocenters. The van der Waals surface area contributed by atoms with E-state index >= 15 is 0 Å². The van der Waals surface area contributed by atoms with Gasteiger partial charge in [-0.05, 0) is 60.7 Å². The molecule has 1 amide bonds. The van der Waals surface area contributed by atoms with E-state index in [1.807, 2.05) is 6.07 Å². The predicted octanol–water partition coefficient (Wildman–Crippen LogP) is 5.79. The third-order valence-electron chi connectivity index (χ3n) is 6.44. The van der Waals surface area contributed by atoms with Gasteiger partial charge in [-0.1, -0.05) is 23.5 Å². The Balaban J connectivity index is 1.50. The third kappa shape index (κ3) is 6.23. The molecule has 1 heterocycles. The minimum atomic E-state index is -3.93. The van der Waals surface area contributed by atoms with Crippen LogP contribution in [0.25, 0.3) is 10.2 Å². The number of nitrogens with one attached hydrogen (secondary N) is 1. The first kappa shape index (κ1) is 29.4. The summed E-state index contributed by atoms with van der Waals surface area (Å²) in [5.41, 5.74) is 1.30. The second-order valence-corrected chi connectivity index (χ2v) is 12.0. The number of amides is 1. The first-order chi connectivity index (χ1) is 20.7. The summed E-state index contributed by atoms with van der Waals surface area (Å²) in [5.74, 6) is 1.26. The molecule has 10 nitrogen and oxygen atoms in total. The van der Waals surface area contributed by atoms with Crippen LogP contribution in [-0.4, -0.2) is 40.6 Å². The largest absolute Gasteiger partial charge is 0.497 e. The fourth-order valence-electron chi connectivity index (χ4n) is 4.23. The maximum atomic E-state index is 13.7. The van der Waals surface area contributed by atoms with Gasteiger partial charge < -0.3 is 18.9 Å². The summed E-state index contributed by atoms with van der Waals surface area (Å²) >= 11 is 1.23. The number of benzene rings is 4. The van der Waals surface area contributed by atoms with E-state index in [2.05, 4.69) is 10.3 Å². The van der Waals surface area contributed by atoms with E-state index in [1.165, 1.54) is 56.9 Å². The van der Waals surface area contributed by atoms with E-state index in [1.54, 1.807) is 60.7 Å². The van der Waals surface area contributed by atoms with Gasteiger partial charge in [0.1, 0.15) is 11.5 Å². The molecular formula is C31H25N3O7S2. The number of carbonyl (C=O) groups excluding carboxylic acids is 1. The van der Waals surface area contributed by atoms with Crippen molar-refractivity contribution in [2.24, 2.45) is 0 Å². The lowest BCUT2D eigenvalue weighted by atomic mass is 10.1. The van der Waals surface area contributed by atoms with Gasteiger partial charge in [-0.15, -0.1) is 0 Å². The molecular weight excluding hydrogens is 590 g/mol. The molecule has 1 aromatic heterocycles. The molecule has 0 spiro atoms. The monoisotopic (exact) mass is 615 g/mol. The number of ether oxygens (including phenoxy) is 4. The van der Waals surface area contributed by atoms with E-state index in [9.17, 15) is 13.2 Å². The lowest BCUT2D eigenvalue weighted by molar-refractivity contribution is -0.123. The van der Waals surface area contributed by atoms with Crippen LogP contribution in [0, 0.1) is 11.3 Å². The van der Waals surface area contributed by atoms with Crippen LogP contribution in [0.2, 0.25) is 0 Å². The summed E-state index contributed by atoms with van der Waals surface area (Å²) in [6, 6.07) is 23.8. The summed E-state index contributed by atoms with van der Waals surface area (Å²) in [6.45, 7) is 0. The Morgan fingerprint density at radius 2 is 1.53 bits per heavy atom. The average molecular weight is 616 g/mol. The van der Waals surface area contributed by atoms with Crippen LogP contribution in [0.4, 0.5) is 5.13 Å². The molecule has 218 valence electrons. The predicted molar refractivity (Wildman–Crippen MR) is 161 cm³/mol. The van der Waals surface area contributed by atoms with Crippen LogP contribution in [0.15, 0.2) is 94.7 Å². The van der Waals surface area contributed by atoms with Crippen molar-refractivity contribution in [3.05, 3.63) is 96.1 Å². The van der Waals surface area contributed by atoms with Crippen molar-refractivity contribution < 1.29 is 32.2 Å². The van der Waals surface area contributed by atoms with Gasteiger partial charge in [0, 0.05) is 17.7 Å². The minimum Gasteiger partial charge on any atom is -0.497 e. The number of sulfone groups is 1. The molecule has 0 saturated carbocycles. The highest BCUT2D eigenvalue weighted by molar-refractivity contribution is 7.91. The zero-order valence-corrected chi connectivity index (χ0v) is 24.9. The number of carbonyl (C=O) groups is 1. The molecule has 1 unspecified atom stereocenters. The van der Waals surface area contributed by atoms with E-state index in [0.717, 1.165) is 4.70 Å². The molecule has 1 N–H and O–H groups in total. The highest BCUT2D eigenvalue weighted by atomic mass is 32.2. The van der Waals surface area contributed by atoms with Crippen molar-refractivity contribution in [1.29, 1.82) is 5.26 Å². The number of nitriles is 1. The maximum Gasteiger partial charge on any atom is 0.271 e. The van der Waals surface area contributed by atoms with Crippen LogP contribution in [-0.2, 0) is 14.6 Å². The van der Waals surface area contributed by atoms with Gasteiger partial charge in [0.05, 0.1) is 53.0 Å². The Hall–Kier alpha value is -5.12. The molecule has 43 heavy (non-hydrogen) atoms. The molecule has 5 aromatic rings. The number of methoxy groups -OCH3 is 3. The zero-order valence-electron chi connectivity index (χ0n) is 23.2. The van der Waals surface area contributed by atoms with Crippen LogP contribution in [0.5, 0.6) is 23.0 Å². The number of fused-ring (bicyclic) bond motifs is 1. The van der Waals surface area contributed by atoms with E-state index in [4.69, 9.17) is 24.2 Å². The average Bonchev–Trinajstić information content (AvgIpc) is 3.44. The molecule has 0 aliphatic carbocycles. The van der Waals surface area contributed by atoms with Crippen LogP contribution in [0.1, 0.15) is 17.2 Å². The second kappa shape index (κ2) is 12.4. The van der Waals surface area contributed by atoms with Crippen molar-refractivity contribution in [2.75, 3.05) is 26.6 Å². The second-order valence-electron chi connectivity index (χ2n) is 9.07. The Kier molecular flexibility index (Phi) is 8.47. The number of anilines is 1. The molecule has 0 radical (unpaired) electrons. The maximum absolute atomic E-state index is 13.7. The first-order valence-electron chi connectivity index (χ1n) is 12.7. The molecule has 0 bridgehead atoms. The topological polar surface area (TPSA) is 137 Å². The SMILES string of the molecule is COc1ccc(S(=O)(=O)c2cccc(C(Oc3ccc(C#N)cc3)C(=O)Nc3nc4cc(OC)c(OC)cc4s3)c2)cc1. The highest BCUT2D eigenvalue weighted by Crippen LogP contribution is 2.37.